The summed E-state index contributed by atoms with van der Waals surface area (Å²) in [7, 11) is 0. The highest BCUT2D eigenvalue weighted by atomic mass is 16.6. The minimum atomic E-state index is -0.507. The Kier molecular flexibility index (Phi) is 5.24. The van der Waals surface area contributed by atoms with E-state index in [1.54, 1.807) is 11.1 Å². The maximum absolute atomic E-state index is 12.3. The summed E-state index contributed by atoms with van der Waals surface area (Å²) >= 11 is 0. The van der Waals surface area contributed by atoms with Gasteiger partial charge in [-0.2, -0.15) is 0 Å². The van der Waals surface area contributed by atoms with E-state index in [0.29, 0.717) is 38.5 Å². The number of hydrogen-bond acceptors (Lipinski definition) is 6. The van der Waals surface area contributed by atoms with Crippen LogP contribution in [0.1, 0.15) is 32.8 Å². The van der Waals surface area contributed by atoms with Crippen molar-refractivity contribution in [1.82, 2.24) is 19.6 Å². The third-order valence-corrected chi connectivity index (χ3v) is 5.48. The van der Waals surface area contributed by atoms with Crippen LogP contribution in [0.4, 0.5) is 21.1 Å². The van der Waals surface area contributed by atoms with E-state index in [1.165, 1.54) is 4.90 Å². The first-order chi connectivity index (χ1) is 14.6. The van der Waals surface area contributed by atoms with Gasteiger partial charge in [-0.25, -0.2) is 14.6 Å². The van der Waals surface area contributed by atoms with Crippen LogP contribution in [-0.4, -0.2) is 70.6 Å². The van der Waals surface area contributed by atoms with Crippen molar-refractivity contribution in [2.45, 2.75) is 39.7 Å². The molecule has 0 radical (unpaired) electrons. The summed E-state index contributed by atoms with van der Waals surface area (Å²) in [5.74, 6) is 0.364. The molecular weight excluding hydrogens is 400 g/mol. The molecule has 0 spiro atoms. The first-order valence-electron chi connectivity index (χ1n) is 10.4. The summed E-state index contributed by atoms with van der Waals surface area (Å²) < 4.78 is 7.34. The van der Waals surface area contributed by atoms with Crippen LogP contribution in [0.3, 0.4) is 0 Å². The highest BCUT2D eigenvalue weighted by Gasteiger charge is 2.29. The first kappa shape index (κ1) is 21.0. The van der Waals surface area contributed by atoms with Crippen LogP contribution in [0.5, 0.6) is 0 Å². The minimum Gasteiger partial charge on any atom is -0.444 e. The Labute approximate surface area is 180 Å². The Morgan fingerprint density at radius 2 is 1.84 bits per heavy atom. The molecule has 10 heteroatoms. The molecule has 0 atom stereocenters. The first-order valence-corrected chi connectivity index (χ1v) is 10.4. The second kappa shape index (κ2) is 7.75. The lowest BCUT2D eigenvalue weighted by atomic mass is 10.2. The average Bonchev–Trinajstić information content (AvgIpc) is 3.12. The number of nitrogens with zero attached hydrogens (tertiary/aromatic N) is 5. The molecule has 4 heterocycles. The highest BCUT2D eigenvalue weighted by molar-refractivity contribution is 6.05. The summed E-state index contributed by atoms with van der Waals surface area (Å²) in [5, 5.41) is 2.34. The molecule has 166 valence electrons. The van der Waals surface area contributed by atoms with Gasteiger partial charge in [0.25, 0.3) is 0 Å². The van der Waals surface area contributed by atoms with Gasteiger partial charge in [0.05, 0.1) is 6.20 Å². The fraction of sp³-hybridized carbons (Fsp3) is 0.524. The Balaban J connectivity index is 1.50. The second-order valence-corrected chi connectivity index (χ2v) is 8.85. The number of imide groups is 1. The van der Waals surface area contributed by atoms with Crippen molar-refractivity contribution in [3.05, 3.63) is 24.0 Å². The van der Waals surface area contributed by atoms with Crippen molar-refractivity contribution in [1.29, 1.82) is 0 Å². The van der Waals surface area contributed by atoms with E-state index in [9.17, 15) is 14.4 Å². The minimum absolute atomic E-state index is 0.262. The summed E-state index contributed by atoms with van der Waals surface area (Å²) in [5.41, 5.74) is 2.29. The van der Waals surface area contributed by atoms with E-state index in [-0.39, 0.29) is 18.4 Å². The smallest absolute Gasteiger partial charge is 0.410 e. The molecule has 2 aliphatic heterocycles. The van der Waals surface area contributed by atoms with E-state index in [0.717, 1.165) is 16.9 Å². The van der Waals surface area contributed by atoms with Gasteiger partial charge in [0, 0.05) is 56.6 Å². The molecule has 0 unspecified atom stereocenters. The summed E-state index contributed by atoms with van der Waals surface area (Å²) in [6.45, 7) is 10.5. The predicted molar refractivity (Wildman–Crippen MR) is 115 cm³/mol. The number of aromatic nitrogens is 2. The Morgan fingerprint density at radius 3 is 2.48 bits per heavy atom. The third kappa shape index (κ3) is 4.14. The molecule has 31 heavy (non-hydrogen) atoms. The van der Waals surface area contributed by atoms with Gasteiger partial charge in [0.1, 0.15) is 17.1 Å². The Bertz CT molecular complexity index is 1030. The fourth-order valence-electron chi connectivity index (χ4n) is 3.94. The van der Waals surface area contributed by atoms with Gasteiger partial charge in [-0.3, -0.25) is 19.4 Å². The van der Waals surface area contributed by atoms with Gasteiger partial charge in [-0.1, -0.05) is 0 Å². The summed E-state index contributed by atoms with van der Waals surface area (Å²) in [6.07, 6.45) is 3.53. The quantitative estimate of drug-likeness (QED) is 0.787. The molecule has 2 aromatic rings. The van der Waals surface area contributed by atoms with Crippen molar-refractivity contribution in [2.24, 2.45) is 0 Å². The fourth-order valence-corrected chi connectivity index (χ4v) is 3.94. The number of fused-ring (bicyclic) bond motifs is 1. The largest absolute Gasteiger partial charge is 0.444 e. The van der Waals surface area contributed by atoms with E-state index in [2.05, 4.69) is 15.2 Å². The van der Waals surface area contributed by atoms with E-state index in [4.69, 9.17) is 4.74 Å². The van der Waals surface area contributed by atoms with Crippen molar-refractivity contribution in [2.75, 3.05) is 42.5 Å². The Morgan fingerprint density at radius 1 is 1.13 bits per heavy atom. The zero-order valence-corrected chi connectivity index (χ0v) is 18.3. The predicted octanol–water partition coefficient (Wildman–Crippen LogP) is 2.15. The number of carbonyl (C=O) groups is 3. The molecule has 10 nitrogen and oxygen atoms in total. The molecule has 2 aliphatic rings. The number of hydrogen-bond donors (Lipinski definition) is 1. The number of urea groups is 1. The normalized spacial score (nSPS) is 17.9. The summed E-state index contributed by atoms with van der Waals surface area (Å²) in [6, 6.07) is 1.57. The second-order valence-electron chi connectivity index (χ2n) is 8.85. The van der Waals surface area contributed by atoms with Crippen molar-refractivity contribution in [3.63, 3.8) is 0 Å². The molecule has 1 N–H and O–H groups in total. The number of piperazine rings is 1. The molecule has 4 rings (SSSR count). The lowest BCUT2D eigenvalue weighted by Gasteiger charge is -2.37. The number of anilines is 2. The van der Waals surface area contributed by atoms with Crippen molar-refractivity contribution >= 4 is 35.2 Å². The molecule has 0 saturated carbocycles. The van der Waals surface area contributed by atoms with Gasteiger partial charge in [-0.15, -0.1) is 0 Å². The SMILES string of the molecule is Cc1c(N2CCN(C(=O)OC(C)(C)C)CC2)ccn2c(N3CCC(=O)NC3=O)cnc12. The van der Waals surface area contributed by atoms with Crippen LogP contribution < -0.4 is 15.1 Å². The third-order valence-electron chi connectivity index (χ3n) is 5.48. The van der Waals surface area contributed by atoms with Gasteiger partial charge in [0.2, 0.25) is 5.91 Å². The molecule has 2 saturated heterocycles. The lowest BCUT2D eigenvalue weighted by molar-refractivity contribution is -0.120. The lowest BCUT2D eigenvalue weighted by Crippen LogP contribution is -2.50. The van der Waals surface area contributed by atoms with E-state index in [1.807, 2.05) is 44.4 Å². The average molecular weight is 428 g/mol. The number of aryl methyl sites for hydroxylation is 1. The molecular formula is C21H28N6O4. The molecule has 0 aromatic carbocycles. The molecule has 0 bridgehead atoms. The monoisotopic (exact) mass is 428 g/mol. The number of ether oxygens (including phenoxy) is 1. The molecule has 4 amide bonds. The standard InChI is InChI=1S/C21H28N6O4/c1-14-15(24-9-11-25(12-10-24)20(30)31-21(2,3)4)5-7-26-17(13-22-18(14)26)27-8-6-16(28)23-19(27)29/h5,7,13H,6,8-12H2,1-4H3,(H,23,28,29). The summed E-state index contributed by atoms with van der Waals surface area (Å²) in [4.78, 5) is 46.0. The van der Waals surface area contributed by atoms with Crippen molar-refractivity contribution < 1.29 is 19.1 Å². The van der Waals surface area contributed by atoms with Gasteiger partial charge in [-0.05, 0) is 33.8 Å². The number of amides is 4. The van der Waals surface area contributed by atoms with E-state index < -0.39 is 11.6 Å². The number of carbonyl (C=O) groups excluding carboxylic acids is 3. The van der Waals surface area contributed by atoms with E-state index >= 15 is 0 Å². The van der Waals surface area contributed by atoms with Crippen LogP contribution in [-0.2, 0) is 9.53 Å². The highest BCUT2D eigenvalue weighted by Crippen LogP contribution is 2.28. The van der Waals surface area contributed by atoms with Gasteiger partial charge < -0.3 is 14.5 Å². The number of imidazole rings is 1. The van der Waals surface area contributed by atoms with Crippen LogP contribution in [0.2, 0.25) is 0 Å². The number of rotatable bonds is 2. The van der Waals surface area contributed by atoms with Crippen molar-refractivity contribution in [3.8, 4) is 0 Å². The zero-order valence-electron chi connectivity index (χ0n) is 18.3. The zero-order chi connectivity index (χ0) is 22.3. The van der Waals surface area contributed by atoms with Gasteiger partial charge >= 0.3 is 12.1 Å². The van der Waals surface area contributed by atoms with Crippen LogP contribution >= 0.6 is 0 Å². The maximum atomic E-state index is 12.3. The number of nitrogens with one attached hydrogen (secondary N) is 1. The van der Waals surface area contributed by atoms with Gasteiger partial charge in [0.15, 0.2) is 0 Å². The number of pyridine rings is 1. The van der Waals surface area contributed by atoms with Crippen LogP contribution in [0.15, 0.2) is 18.5 Å². The maximum Gasteiger partial charge on any atom is 0.410 e. The van der Waals surface area contributed by atoms with Crippen LogP contribution in [0.25, 0.3) is 5.65 Å². The molecule has 2 aromatic heterocycles. The molecule has 2 fully saturated rings. The Hall–Kier alpha value is -3.30. The topological polar surface area (TPSA) is 99.5 Å². The molecule has 0 aliphatic carbocycles. The van der Waals surface area contributed by atoms with Crippen LogP contribution in [0, 0.1) is 6.92 Å².